The van der Waals surface area contributed by atoms with E-state index in [1.807, 2.05) is 38.6 Å². The highest BCUT2D eigenvalue weighted by Gasteiger charge is 2.15. The molecular weight excluding hydrogens is 220 g/mol. The Bertz CT molecular complexity index is 368. The molecule has 1 amide bonds. The van der Waals surface area contributed by atoms with Gasteiger partial charge in [0, 0.05) is 32.5 Å². The summed E-state index contributed by atoms with van der Waals surface area (Å²) in [7, 11) is 1.90. The van der Waals surface area contributed by atoms with E-state index < -0.39 is 11.7 Å². The second-order valence-corrected chi connectivity index (χ2v) is 4.72. The molecule has 1 heterocycles. The van der Waals surface area contributed by atoms with Crippen molar-refractivity contribution in [3.05, 3.63) is 12.4 Å². The van der Waals surface area contributed by atoms with Crippen molar-refractivity contribution in [2.45, 2.75) is 26.4 Å². The summed E-state index contributed by atoms with van der Waals surface area (Å²) < 4.78 is 6.97. The molecule has 0 fully saturated rings. The number of nitrogens with zero attached hydrogens (tertiary/aromatic N) is 2. The Hall–Kier alpha value is -1.72. The maximum atomic E-state index is 11.3. The second-order valence-electron chi connectivity index (χ2n) is 4.72. The van der Waals surface area contributed by atoms with Crippen LogP contribution in [0.25, 0.3) is 0 Å². The summed E-state index contributed by atoms with van der Waals surface area (Å²) in [5, 5.41) is 5.75. The summed E-state index contributed by atoms with van der Waals surface area (Å²) in [6.07, 6.45) is 3.16. The molecule has 2 N–H and O–H groups in total. The van der Waals surface area contributed by atoms with Crippen molar-refractivity contribution >= 4 is 12.0 Å². The molecule has 17 heavy (non-hydrogen) atoms. The zero-order chi connectivity index (χ0) is 12.9. The Balaban J connectivity index is 2.17. The second kappa shape index (κ2) is 5.56. The first kappa shape index (κ1) is 13.3. The van der Waals surface area contributed by atoms with Crippen molar-refractivity contribution < 1.29 is 9.53 Å². The molecule has 0 aliphatic heterocycles. The molecule has 0 radical (unpaired) electrons. The third kappa shape index (κ3) is 5.24. The average molecular weight is 240 g/mol. The normalized spacial score (nSPS) is 11.1. The molecular formula is C11H20N4O2. The van der Waals surface area contributed by atoms with Crippen molar-refractivity contribution in [2.75, 3.05) is 18.4 Å². The topological polar surface area (TPSA) is 68.2 Å². The predicted molar refractivity (Wildman–Crippen MR) is 65.9 cm³/mol. The highest BCUT2D eigenvalue weighted by Crippen LogP contribution is 2.06. The van der Waals surface area contributed by atoms with Crippen molar-refractivity contribution in [1.29, 1.82) is 0 Å². The van der Waals surface area contributed by atoms with Crippen LogP contribution in [0.4, 0.5) is 10.7 Å². The lowest BCUT2D eigenvalue weighted by Crippen LogP contribution is -2.35. The lowest BCUT2D eigenvalue weighted by molar-refractivity contribution is 0.0530. The fraction of sp³-hybridized carbons (Fsp3) is 0.636. The minimum atomic E-state index is -0.461. The molecule has 0 unspecified atom stereocenters. The largest absolute Gasteiger partial charge is 0.444 e. The number of rotatable bonds is 4. The molecule has 0 saturated carbocycles. The van der Waals surface area contributed by atoms with Gasteiger partial charge in [-0.3, -0.25) is 0 Å². The average Bonchev–Trinajstić information content (AvgIpc) is 2.56. The van der Waals surface area contributed by atoms with Gasteiger partial charge in [0.25, 0.3) is 0 Å². The molecule has 6 nitrogen and oxygen atoms in total. The van der Waals surface area contributed by atoms with Crippen LogP contribution in [-0.4, -0.2) is 34.3 Å². The van der Waals surface area contributed by atoms with Gasteiger partial charge in [-0.05, 0) is 20.8 Å². The fourth-order valence-corrected chi connectivity index (χ4v) is 1.19. The molecule has 1 aromatic heterocycles. The van der Waals surface area contributed by atoms with Gasteiger partial charge < -0.3 is 19.9 Å². The van der Waals surface area contributed by atoms with Crippen LogP contribution in [0.5, 0.6) is 0 Å². The number of alkyl carbamates (subject to hydrolysis) is 1. The Morgan fingerprint density at radius 1 is 1.47 bits per heavy atom. The van der Waals surface area contributed by atoms with Crippen LogP contribution in [0.15, 0.2) is 12.4 Å². The van der Waals surface area contributed by atoms with Crippen LogP contribution >= 0.6 is 0 Å². The van der Waals surface area contributed by atoms with E-state index in [1.165, 1.54) is 0 Å². The summed E-state index contributed by atoms with van der Waals surface area (Å²) in [6, 6.07) is 0. The van der Waals surface area contributed by atoms with Crippen LogP contribution in [0.1, 0.15) is 20.8 Å². The molecule has 0 aromatic carbocycles. The van der Waals surface area contributed by atoms with E-state index in [0.29, 0.717) is 13.1 Å². The smallest absolute Gasteiger partial charge is 0.407 e. The highest BCUT2D eigenvalue weighted by atomic mass is 16.6. The van der Waals surface area contributed by atoms with Gasteiger partial charge in [0.15, 0.2) is 0 Å². The molecule has 1 aromatic rings. The lowest BCUT2D eigenvalue weighted by Gasteiger charge is -2.19. The van der Waals surface area contributed by atoms with E-state index in [0.717, 1.165) is 5.95 Å². The van der Waals surface area contributed by atoms with Gasteiger partial charge in [-0.1, -0.05) is 0 Å². The molecule has 0 spiro atoms. The number of carbonyl (C=O) groups is 1. The number of nitrogens with one attached hydrogen (secondary N) is 2. The number of hydrogen-bond donors (Lipinski definition) is 2. The highest BCUT2D eigenvalue weighted by molar-refractivity contribution is 5.67. The van der Waals surface area contributed by atoms with Gasteiger partial charge in [0.05, 0.1) is 0 Å². The fourth-order valence-electron chi connectivity index (χ4n) is 1.19. The van der Waals surface area contributed by atoms with Crippen molar-refractivity contribution in [1.82, 2.24) is 14.9 Å². The zero-order valence-electron chi connectivity index (χ0n) is 10.8. The van der Waals surface area contributed by atoms with Crippen LogP contribution in [0.3, 0.4) is 0 Å². The Labute approximate surface area is 101 Å². The van der Waals surface area contributed by atoms with Gasteiger partial charge in [0.2, 0.25) is 5.95 Å². The minimum Gasteiger partial charge on any atom is -0.444 e. The molecule has 0 saturated heterocycles. The number of aryl methyl sites for hydroxylation is 1. The zero-order valence-corrected chi connectivity index (χ0v) is 10.8. The van der Waals surface area contributed by atoms with Gasteiger partial charge >= 0.3 is 6.09 Å². The standard InChI is InChI=1S/C11H20N4O2/c1-11(2,3)17-10(16)14-6-5-12-9-13-7-8-15(9)4/h7-8H,5-6H2,1-4H3,(H,12,13)(H,14,16). The van der Waals surface area contributed by atoms with E-state index in [2.05, 4.69) is 15.6 Å². The number of hydrogen-bond acceptors (Lipinski definition) is 4. The molecule has 96 valence electrons. The van der Waals surface area contributed by atoms with Crippen LogP contribution in [0, 0.1) is 0 Å². The number of imidazole rings is 1. The van der Waals surface area contributed by atoms with E-state index in [1.54, 1.807) is 6.20 Å². The van der Waals surface area contributed by atoms with E-state index in [9.17, 15) is 4.79 Å². The lowest BCUT2D eigenvalue weighted by atomic mass is 10.2. The maximum Gasteiger partial charge on any atom is 0.407 e. The predicted octanol–water partition coefficient (Wildman–Crippen LogP) is 1.36. The number of ether oxygens (including phenoxy) is 1. The Morgan fingerprint density at radius 2 is 2.18 bits per heavy atom. The third-order valence-electron chi connectivity index (χ3n) is 1.90. The SMILES string of the molecule is Cn1ccnc1NCCNC(=O)OC(C)(C)C. The van der Waals surface area contributed by atoms with Gasteiger partial charge in [-0.15, -0.1) is 0 Å². The summed E-state index contributed by atoms with van der Waals surface area (Å²) in [6.45, 7) is 6.59. The first-order chi connectivity index (χ1) is 7.88. The molecule has 0 bridgehead atoms. The van der Waals surface area contributed by atoms with Crippen molar-refractivity contribution in [3.63, 3.8) is 0 Å². The summed E-state index contributed by atoms with van der Waals surface area (Å²) in [4.78, 5) is 15.4. The van der Waals surface area contributed by atoms with Crippen LogP contribution < -0.4 is 10.6 Å². The molecule has 6 heteroatoms. The van der Waals surface area contributed by atoms with Gasteiger partial charge in [0.1, 0.15) is 5.60 Å². The van der Waals surface area contributed by atoms with Gasteiger partial charge in [-0.25, -0.2) is 9.78 Å². The van der Waals surface area contributed by atoms with E-state index in [4.69, 9.17) is 4.74 Å². The summed E-state index contributed by atoms with van der Waals surface area (Å²) >= 11 is 0. The van der Waals surface area contributed by atoms with Crippen LogP contribution in [-0.2, 0) is 11.8 Å². The minimum absolute atomic E-state index is 0.404. The van der Waals surface area contributed by atoms with Crippen molar-refractivity contribution in [2.24, 2.45) is 7.05 Å². The summed E-state index contributed by atoms with van der Waals surface area (Å²) in [5.74, 6) is 0.774. The quantitative estimate of drug-likeness (QED) is 0.780. The van der Waals surface area contributed by atoms with Crippen LogP contribution in [0.2, 0.25) is 0 Å². The Morgan fingerprint density at radius 3 is 2.71 bits per heavy atom. The van der Waals surface area contributed by atoms with E-state index in [-0.39, 0.29) is 0 Å². The first-order valence-electron chi connectivity index (χ1n) is 5.56. The number of amides is 1. The number of carbonyl (C=O) groups excluding carboxylic acids is 1. The number of anilines is 1. The number of aromatic nitrogens is 2. The molecule has 0 atom stereocenters. The first-order valence-corrected chi connectivity index (χ1v) is 5.56. The molecule has 1 rings (SSSR count). The van der Waals surface area contributed by atoms with Crippen molar-refractivity contribution in [3.8, 4) is 0 Å². The molecule has 0 aliphatic carbocycles. The van der Waals surface area contributed by atoms with E-state index >= 15 is 0 Å². The maximum absolute atomic E-state index is 11.3. The molecule has 0 aliphatic rings. The third-order valence-corrected chi connectivity index (χ3v) is 1.90. The summed E-state index contributed by atoms with van der Waals surface area (Å²) in [5.41, 5.74) is -0.461. The monoisotopic (exact) mass is 240 g/mol. The van der Waals surface area contributed by atoms with Gasteiger partial charge in [-0.2, -0.15) is 0 Å². The Kier molecular flexibility index (Phi) is 4.37.